The molecule has 0 atom stereocenters. The van der Waals surface area contributed by atoms with Gasteiger partial charge in [-0.3, -0.25) is 0 Å². The van der Waals surface area contributed by atoms with Crippen LogP contribution in [0.4, 0.5) is 0 Å². The molecule has 0 spiro atoms. The van der Waals surface area contributed by atoms with Crippen molar-refractivity contribution in [3.63, 3.8) is 0 Å². The predicted octanol–water partition coefficient (Wildman–Crippen LogP) is 4.68. The number of nitrogens with zero attached hydrogens (tertiary/aromatic N) is 3. The summed E-state index contributed by atoms with van der Waals surface area (Å²) in [7, 11) is 0. The van der Waals surface area contributed by atoms with E-state index in [9.17, 15) is 0 Å². The Bertz CT molecular complexity index is 915. The van der Waals surface area contributed by atoms with Gasteiger partial charge in [0.15, 0.2) is 22.5 Å². The number of fused-ring (bicyclic) bond motifs is 1. The predicted molar refractivity (Wildman–Crippen MR) is 103 cm³/mol. The van der Waals surface area contributed by atoms with Crippen molar-refractivity contribution in [2.75, 3.05) is 13.2 Å². The minimum Gasteiger partial charge on any atom is -0.486 e. The van der Waals surface area contributed by atoms with Crippen molar-refractivity contribution in [2.45, 2.75) is 24.4 Å². The Hall–Kier alpha value is -2.18. The Kier molecular flexibility index (Phi) is 5.04. The molecule has 1 aromatic heterocycles. The maximum absolute atomic E-state index is 6.32. The Morgan fingerprint density at radius 1 is 1.12 bits per heavy atom. The van der Waals surface area contributed by atoms with Crippen molar-refractivity contribution in [2.24, 2.45) is 0 Å². The van der Waals surface area contributed by atoms with Crippen LogP contribution in [-0.2, 0) is 12.3 Å². The van der Waals surface area contributed by atoms with E-state index in [-0.39, 0.29) is 0 Å². The van der Waals surface area contributed by atoms with E-state index in [1.807, 2.05) is 42.5 Å². The second-order valence-electron chi connectivity index (χ2n) is 5.81. The Balaban J connectivity index is 1.55. The van der Waals surface area contributed by atoms with Crippen LogP contribution in [-0.4, -0.2) is 28.0 Å². The second-order valence-corrected chi connectivity index (χ2v) is 7.16. The summed E-state index contributed by atoms with van der Waals surface area (Å²) in [5.74, 6) is 2.95. The number of benzene rings is 2. The highest BCUT2D eigenvalue weighted by Gasteiger charge is 2.18. The summed E-state index contributed by atoms with van der Waals surface area (Å²) in [5.41, 5.74) is 2.13. The summed E-state index contributed by atoms with van der Waals surface area (Å²) in [6.45, 7) is 3.98. The molecule has 0 N–H and O–H groups in total. The Morgan fingerprint density at radius 3 is 2.73 bits per heavy atom. The molecule has 0 fully saturated rings. The van der Waals surface area contributed by atoms with E-state index in [0.29, 0.717) is 29.7 Å². The lowest BCUT2D eigenvalue weighted by Crippen LogP contribution is -2.15. The minimum atomic E-state index is 0.530. The van der Waals surface area contributed by atoms with Crippen LogP contribution in [0, 0.1) is 0 Å². The summed E-state index contributed by atoms with van der Waals surface area (Å²) in [5, 5.41) is 10.2. The molecule has 0 bridgehead atoms. The number of hydrogen-bond acceptors (Lipinski definition) is 5. The van der Waals surface area contributed by atoms with Crippen molar-refractivity contribution in [1.29, 1.82) is 0 Å². The zero-order valence-electron chi connectivity index (χ0n) is 14.3. The average molecular weight is 388 g/mol. The van der Waals surface area contributed by atoms with E-state index in [4.69, 9.17) is 21.1 Å². The van der Waals surface area contributed by atoms with Gasteiger partial charge < -0.3 is 14.0 Å². The maximum Gasteiger partial charge on any atom is 0.191 e. The van der Waals surface area contributed by atoms with Gasteiger partial charge in [0.25, 0.3) is 0 Å². The van der Waals surface area contributed by atoms with Gasteiger partial charge in [0.2, 0.25) is 0 Å². The molecule has 3 aromatic rings. The molecule has 134 valence electrons. The van der Waals surface area contributed by atoms with Crippen molar-refractivity contribution in [3.8, 4) is 22.9 Å². The molecule has 0 saturated heterocycles. The zero-order chi connectivity index (χ0) is 17.9. The van der Waals surface area contributed by atoms with Crippen LogP contribution in [0.2, 0.25) is 5.02 Å². The van der Waals surface area contributed by atoms with Crippen LogP contribution >= 0.6 is 23.4 Å². The van der Waals surface area contributed by atoms with E-state index in [1.165, 1.54) is 0 Å². The SMILES string of the molecule is CCn1c(SCc2cc(Cl)c3c(c2)OCCO3)nnc1-c1ccccc1. The van der Waals surface area contributed by atoms with E-state index >= 15 is 0 Å². The van der Waals surface area contributed by atoms with E-state index in [2.05, 4.69) is 21.7 Å². The van der Waals surface area contributed by atoms with E-state index in [1.54, 1.807) is 11.8 Å². The fraction of sp³-hybridized carbons (Fsp3) is 0.263. The lowest BCUT2D eigenvalue weighted by Gasteiger charge is -2.20. The molecule has 1 aliphatic rings. The van der Waals surface area contributed by atoms with Crippen molar-refractivity contribution < 1.29 is 9.47 Å². The second kappa shape index (κ2) is 7.60. The summed E-state index contributed by atoms with van der Waals surface area (Å²) in [6.07, 6.45) is 0. The van der Waals surface area contributed by atoms with Gasteiger partial charge in [0.1, 0.15) is 13.2 Å². The standard InChI is InChI=1S/C19H18ClN3O2S/c1-2-23-18(14-6-4-3-5-7-14)21-22-19(23)26-12-13-10-15(20)17-16(11-13)24-8-9-25-17/h3-7,10-11H,2,8-9,12H2,1H3. The number of thioether (sulfide) groups is 1. The fourth-order valence-corrected chi connectivity index (χ4v) is 4.10. The van der Waals surface area contributed by atoms with Gasteiger partial charge in [0, 0.05) is 17.9 Å². The molecule has 5 nitrogen and oxygen atoms in total. The molecule has 2 aromatic carbocycles. The Labute approximate surface area is 161 Å². The molecular formula is C19H18ClN3O2S. The van der Waals surface area contributed by atoms with E-state index in [0.717, 1.165) is 34.4 Å². The highest BCUT2D eigenvalue weighted by molar-refractivity contribution is 7.98. The van der Waals surface area contributed by atoms with Gasteiger partial charge in [-0.25, -0.2) is 0 Å². The lowest BCUT2D eigenvalue weighted by molar-refractivity contribution is 0.171. The monoisotopic (exact) mass is 387 g/mol. The topological polar surface area (TPSA) is 49.2 Å². The summed E-state index contributed by atoms with van der Waals surface area (Å²) < 4.78 is 13.3. The highest BCUT2D eigenvalue weighted by Crippen LogP contribution is 2.39. The zero-order valence-corrected chi connectivity index (χ0v) is 15.9. The largest absolute Gasteiger partial charge is 0.486 e. The van der Waals surface area contributed by atoms with Crippen molar-refractivity contribution >= 4 is 23.4 Å². The number of aromatic nitrogens is 3. The van der Waals surface area contributed by atoms with Gasteiger partial charge in [-0.2, -0.15) is 0 Å². The molecule has 0 saturated carbocycles. The summed E-state index contributed by atoms with van der Waals surface area (Å²) in [6, 6.07) is 14.0. The van der Waals surface area contributed by atoms with Gasteiger partial charge >= 0.3 is 0 Å². The molecule has 7 heteroatoms. The summed E-state index contributed by atoms with van der Waals surface area (Å²) >= 11 is 7.96. The molecule has 1 aliphatic heterocycles. The highest BCUT2D eigenvalue weighted by atomic mass is 35.5. The van der Waals surface area contributed by atoms with Crippen LogP contribution < -0.4 is 9.47 Å². The molecular weight excluding hydrogens is 370 g/mol. The van der Waals surface area contributed by atoms with Crippen LogP contribution in [0.25, 0.3) is 11.4 Å². The minimum absolute atomic E-state index is 0.530. The van der Waals surface area contributed by atoms with Crippen molar-refractivity contribution in [1.82, 2.24) is 14.8 Å². The van der Waals surface area contributed by atoms with Crippen LogP contribution in [0.15, 0.2) is 47.6 Å². The van der Waals surface area contributed by atoms with Gasteiger partial charge in [-0.05, 0) is 24.6 Å². The maximum atomic E-state index is 6.32. The van der Waals surface area contributed by atoms with Crippen LogP contribution in [0.3, 0.4) is 0 Å². The van der Waals surface area contributed by atoms with Crippen LogP contribution in [0.1, 0.15) is 12.5 Å². The van der Waals surface area contributed by atoms with Crippen LogP contribution in [0.5, 0.6) is 11.5 Å². The molecule has 0 unspecified atom stereocenters. The van der Waals surface area contributed by atoms with Gasteiger partial charge in [-0.15, -0.1) is 10.2 Å². The number of hydrogen-bond donors (Lipinski definition) is 0. The first-order chi connectivity index (χ1) is 12.8. The molecule has 0 radical (unpaired) electrons. The molecule has 0 amide bonds. The molecule has 2 heterocycles. The third-order valence-electron chi connectivity index (χ3n) is 4.09. The first-order valence-electron chi connectivity index (χ1n) is 8.45. The third kappa shape index (κ3) is 3.39. The first-order valence-corrected chi connectivity index (χ1v) is 9.82. The fourth-order valence-electron chi connectivity index (χ4n) is 2.88. The number of rotatable bonds is 5. The average Bonchev–Trinajstić information content (AvgIpc) is 3.10. The number of ether oxygens (including phenoxy) is 2. The third-order valence-corrected chi connectivity index (χ3v) is 5.41. The first kappa shape index (κ1) is 17.2. The molecule has 0 aliphatic carbocycles. The van der Waals surface area contributed by atoms with Gasteiger partial charge in [0.05, 0.1) is 5.02 Å². The Morgan fingerprint density at radius 2 is 1.92 bits per heavy atom. The normalized spacial score (nSPS) is 13.0. The number of halogens is 1. The molecule has 4 rings (SSSR count). The molecule has 26 heavy (non-hydrogen) atoms. The van der Waals surface area contributed by atoms with E-state index < -0.39 is 0 Å². The van der Waals surface area contributed by atoms with Crippen molar-refractivity contribution in [3.05, 3.63) is 53.1 Å². The quantitative estimate of drug-likeness (QED) is 0.595. The smallest absolute Gasteiger partial charge is 0.191 e. The summed E-state index contributed by atoms with van der Waals surface area (Å²) in [4.78, 5) is 0. The lowest BCUT2D eigenvalue weighted by atomic mass is 10.2. The van der Waals surface area contributed by atoms with Gasteiger partial charge in [-0.1, -0.05) is 53.7 Å².